The maximum atomic E-state index is 13.2. The van der Waals surface area contributed by atoms with Crippen molar-refractivity contribution >= 4 is 19.9 Å². The van der Waals surface area contributed by atoms with E-state index in [9.17, 15) is 38.8 Å². The fourth-order valence-electron chi connectivity index (χ4n) is 6.77. The molecule has 0 aliphatic heterocycles. The Bertz CT molecular complexity index is 2710. The molecule has 5 aromatic carbocycles. The fraction of sp³-hybridized carbons (Fsp3) is 0.407. The van der Waals surface area contributed by atoms with Gasteiger partial charge in [-0.2, -0.15) is 5.10 Å². The lowest BCUT2D eigenvalue weighted by Crippen LogP contribution is -2.23. The largest absolute Gasteiger partial charge is 0.242 e. The molecule has 0 N–H and O–H groups in total. The maximum absolute atomic E-state index is 13.2. The smallest absolute Gasteiger partial charge is 0.224 e. The molecule has 6 aromatic rings. The highest BCUT2D eigenvalue weighted by Gasteiger charge is 2.22. The number of sulfonamides is 1. The Hall–Kier alpha value is -5.25. The van der Waals surface area contributed by atoms with Crippen LogP contribution in [-0.4, -0.2) is 56.3 Å². The second kappa shape index (κ2) is 28.4. The van der Waals surface area contributed by atoms with Gasteiger partial charge in [0.1, 0.15) is 41.7 Å². The van der Waals surface area contributed by atoms with Crippen molar-refractivity contribution in [3.8, 4) is 5.69 Å². The third-order valence-electron chi connectivity index (χ3n) is 10.0. The van der Waals surface area contributed by atoms with Crippen molar-refractivity contribution in [1.29, 1.82) is 0 Å². The van der Waals surface area contributed by atoms with Crippen LogP contribution in [0.15, 0.2) is 120 Å². The Morgan fingerprint density at radius 1 is 0.551 bits per heavy atom. The number of benzene rings is 5. The van der Waals surface area contributed by atoms with Gasteiger partial charge < -0.3 is 0 Å². The van der Waals surface area contributed by atoms with E-state index < -0.39 is 31.5 Å². The quantitative estimate of drug-likeness (QED) is 0.107. The molecule has 0 atom stereocenters. The summed E-state index contributed by atoms with van der Waals surface area (Å²) < 4.78 is 114. The molecule has 378 valence electrons. The minimum Gasteiger partial charge on any atom is -0.224 e. The Balaban J connectivity index is 0.000000300. The molecule has 0 saturated carbocycles. The lowest BCUT2D eigenvalue weighted by molar-refractivity contribution is 0.516. The SMILES string of the molecule is CC(C)Cc1ccc(F)cc1.CC(C)Cc1ccc(F)cc1-n1cncn1.CC(C)Cc1ccc(F)cc1S(=O)(=O)N(C)C.CC(C)Cc1ccc(F)cc1S(C)(=O)=O.CCc1ccc(F)c(C)c1. The molecule has 0 fully saturated rings. The second-order valence-corrected chi connectivity index (χ2v) is 22.7. The van der Waals surface area contributed by atoms with Crippen LogP contribution in [0.5, 0.6) is 0 Å². The highest BCUT2D eigenvalue weighted by atomic mass is 32.2. The fourth-order valence-corrected chi connectivity index (χ4v) is 8.86. The molecule has 0 bridgehead atoms. The van der Waals surface area contributed by atoms with Gasteiger partial charge in [0.2, 0.25) is 10.0 Å². The number of hydrogen-bond acceptors (Lipinski definition) is 6. The van der Waals surface area contributed by atoms with Crippen molar-refractivity contribution in [3.05, 3.63) is 172 Å². The highest BCUT2D eigenvalue weighted by molar-refractivity contribution is 7.90. The predicted molar refractivity (Wildman–Crippen MR) is 269 cm³/mol. The lowest BCUT2D eigenvalue weighted by Gasteiger charge is -2.16. The summed E-state index contributed by atoms with van der Waals surface area (Å²) in [5, 5.41) is 4.03. The molecule has 0 spiro atoms. The van der Waals surface area contributed by atoms with E-state index in [1.807, 2.05) is 58.0 Å². The third kappa shape index (κ3) is 21.5. The van der Waals surface area contributed by atoms with Crippen LogP contribution in [0.1, 0.15) is 95.7 Å². The number of rotatable bonds is 13. The first-order valence-corrected chi connectivity index (χ1v) is 26.3. The van der Waals surface area contributed by atoms with E-state index in [0.29, 0.717) is 47.6 Å². The van der Waals surface area contributed by atoms with Crippen LogP contribution in [0.3, 0.4) is 0 Å². The van der Waals surface area contributed by atoms with Gasteiger partial charge in [0.15, 0.2) is 9.84 Å². The molecule has 0 aliphatic rings. The molecule has 8 nitrogen and oxygen atoms in total. The van der Waals surface area contributed by atoms with Crippen molar-refractivity contribution in [1.82, 2.24) is 19.1 Å². The van der Waals surface area contributed by atoms with Crippen LogP contribution in [0.2, 0.25) is 0 Å². The minimum atomic E-state index is -3.58. The van der Waals surface area contributed by atoms with Crippen LogP contribution >= 0.6 is 0 Å². The minimum absolute atomic E-state index is 0.0659. The summed E-state index contributed by atoms with van der Waals surface area (Å²) in [6.07, 6.45) is 8.29. The molecule has 1 aromatic heterocycles. The Morgan fingerprint density at radius 3 is 1.42 bits per heavy atom. The zero-order valence-corrected chi connectivity index (χ0v) is 44.0. The molecule has 15 heteroatoms. The zero-order valence-electron chi connectivity index (χ0n) is 42.4. The van der Waals surface area contributed by atoms with Crippen molar-refractivity contribution in [2.24, 2.45) is 23.7 Å². The van der Waals surface area contributed by atoms with Crippen molar-refractivity contribution in [3.63, 3.8) is 0 Å². The van der Waals surface area contributed by atoms with Gasteiger partial charge in [0.25, 0.3) is 0 Å². The molecule has 0 unspecified atom stereocenters. The summed E-state index contributed by atoms with van der Waals surface area (Å²) in [7, 11) is -4.04. The van der Waals surface area contributed by atoms with E-state index in [2.05, 4.69) is 44.7 Å². The van der Waals surface area contributed by atoms with Crippen LogP contribution in [0.25, 0.3) is 5.69 Å². The van der Waals surface area contributed by atoms with Gasteiger partial charge in [-0.05, 0) is 151 Å². The molecule has 69 heavy (non-hydrogen) atoms. The Morgan fingerprint density at radius 2 is 0.986 bits per heavy atom. The number of sulfone groups is 1. The van der Waals surface area contributed by atoms with Crippen LogP contribution in [0.4, 0.5) is 22.0 Å². The first-order chi connectivity index (χ1) is 32.1. The first kappa shape index (κ1) is 59.9. The van der Waals surface area contributed by atoms with E-state index in [1.165, 1.54) is 74.0 Å². The van der Waals surface area contributed by atoms with Gasteiger partial charge in [-0.3, -0.25) is 0 Å². The van der Waals surface area contributed by atoms with Gasteiger partial charge in [0, 0.05) is 20.4 Å². The normalized spacial score (nSPS) is 11.3. The molecular weight excluding hydrogens is 928 g/mol. The Labute approximate surface area is 409 Å². The summed E-state index contributed by atoms with van der Waals surface area (Å²) in [6.45, 7) is 20.4. The molecular formula is C54H71F5N4O4S2. The van der Waals surface area contributed by atoms with E-state index in [1.54, 1.807) is 30.1 Å². The Kier molecular flexibility index (Phi) is 24.7. The molecule has 6 rings (SSSR count). The average molecular weight is 999 g/mol. The monoisotopic (exact) mass is 998 g/mol. The van der Waals surface area contributed by atoms with Gasteiger partial charge >= 0.3 is 0 Å². The van der Waals surface area contributed by atoms with Crippen molar-refractivity contribution in [2.75, 3.05) is 20.4 Å². The van der Waals surface area contributed by atoms with Gasteiger partial charge in [-0.1, -0.05) is 105 Å². The van der Waals surface area contributed by atoms with Crippen LogP contribution < -0.4 is 0 Å². The van der Waals surface area contributed by atoms with Gasteiger partial charge in [0.05, 0.1) is 15.5 Å². The molecule has 0 aliphatic carbocycles. The number of hydrogen-bond donors (Lipinski definition) is 0. The number of halogens is 5. The molecule has 0 amide bonds. The van der Waals surface area contributed by atoms with Gasteiger partial charge in [-0.15, -0.1) is 0 Å². The number of nitrogens with zero attached hydrogens (tertiary/aromatic N) is 4. The third-order valence-corrected chi connectivity index (χ3v) is 13.1. The lowest BCUT2D eigenvalue weighted by atomic mass is 10.0. The van der Waals surface area contributed by atoms with E-state index in [0.717, 1.165) is 58.8 Å². The second-order valence-electron chi connectivity index (χ2n) is 18.6. The molecule has 0 radical (unpaired) electrons. The predicted octanol–water partition coefficient (Wildman–Crippen LogP) is 13.0. The van der Waals surface area contributed by atoms with Gasteiger partial charge in [-0.25, -0.2) is 52.8 Å². The summed E-state index contributed by atoms with van der Waals surface area (Å²) in [5.74, 6) is 0.259. The maximum Gasteiger partial charge on any atom is 0.242 e. The standard InChI is InChI=1S/C12H14FN3.C12H18FNO2S.C11H15FO2S.C10H13F.C9H11F/c1-9(2)5-10-3-4-11(13)6-12(10)16-8-14-7-15-16;1-9(2)7-10-5-6-11(13)8-12(10)17(15,16)14(3)4;1-8(2)6-9-4-5-10(12)7-11(9)15(3,13)14;1-8(2)7-9-3-5-10(11)6-4-9;1-3-8-4-5-9(10)7(2)6-8/h3-4,6-9H,5H2,1-2H3;5-6,8-9H,7H2,1-4H3;4-5,7-8H,6H2,1-3H3;3-6,8H,7H2,1-2H3;4-6H,3H2,1-2H3. The number of aryl methyl sites for hydroxylation is 2. The van der Waals surface area contributed by atoms with Crippen molar-refractivity contribution in [2.45, 2.75) is 111 Å². The zero-order chi connectivity index (χ0) is 52.2. The van der Waals surface area contributed by atoms with E-state index in [-0.39, 0.29) is 27.2 Å². The summed E-state index contributed by atoms with van der Waals surface area (Å²) in [5.41, 5.74) is 6.34. The highest BCUT2D eigenvalue weighted by Crippen LogP contribution is 2.24. The average Bonchev–Trinajstić information content (AvgIpc) is 3.80. The number of aromatic nitrogens is 3. The van der Waals surface area contributed by atoms with E-state index in [4.69, 9.17) is 0 Å². The van der Waals surface area contributed by atoms with E-state index >= 15 is 0 Å². The van der Waals surface area contributed by atoms with Crippen LogP contribution in [-0.2, 0) is 52.0 Å². The van der Waals surface area contributed by atoms with Crippen LogP contribution in [0, 0.1) is 59.7 Å². The first-order valence-electron chi connectivity index (χ1n) is 23.0. The topological polar surface area (TPSA) is 102 Å². The molecule has 0 saturated heterocycles. The molecule has 1 heterocycles. The van der Waals surface area contributed by atoms with Crippen molar-refractivity contribution < 1.29 is 38.8 Å². The summed E-state index contributed by atoms with van der Waals surface area (Å²) in [6, 6.07) is 24.6. The summed E-state index contributed by atoms with van der Waals surface area (Å²) in [4.78, 5) is 4.05. The summed E-state index contributed by atoms with van der Waals surface area (Å²) >= 11 is 0.